The summed E-state index contributed by atoms with van der Waals surface area (Å²) in [6, 6.07) is 19.4. The quantitative estimate of drug-likeness (QED) is 0.659. The number of hydrogen-bond acceptors (Lipinski definition) is 1. The van der Waals surface area contributed by atoms with Gasteiger partial charge >= 0.3 is 0 Å². The van der Waals surface area contributed by atoms with Gasteiger partial charge in [-0.2, -0.15) is 0 Å². The summed E-state index contributed by atoms with van der Waals surface area (Å²) < 4.78 is 5.21. The summed E-state index contributed by atoms with van der Waals surface area (Å²) in [5, 5.41) is 0. The Morgan fingerprint density at radius 3 is 2.36 bits per heavy atom. The maximum absolute atomic E-state index is 5.21. The highest BCUT2D eigenvalue weighted by Gasteiger charge is 2.15. The van der Waals surface area contributed by atoms with Crippen LogP contribution >= 0.6 is 0 Å². The highest BCUT2D eigenvalue weighted by Crippen LogP contribution is 2.33. The molecule has 114 valence electrons. The summed E-state index contributed by atoms with van der Waals surface area (Å²) in [5.74, 6) is 1.65. The Morgan fingerprint density at radius 1 is 0.955 bits per heavy atom. The number of benzene rings is 2. The molecule has 3 rings (SSSR count). The van der Waals surface area contributed by atoms with Gasteiger partial charge in [0.05, 0.1) is 7.11 Å². The number of rotatable bonds is 5. The van der Waals surface area contributed by atoms with E-state index in [2.05, 4.69) is 60.7 Å². The van der Waals surface area contributed by atoms with Gasteiger partial charge in [-0.25, -0.2) is 0 Å². The zero-order chi connectivity index (χ0) is 15.2. The number of ether oxygens (including phenoxy) is 1. The van der Waals surface area contributed by atoms with Crippen LogP contribution in [0.2, 0.25) is 0 Å². The Kier molecular flexibility index (Phi) is 4.95. The zero-order valence-electron chi connectivity index (χ0n) is 13.3. The average molecular weight is 292 g/mol. The Morgan fingerprint density at radius 2 is 1.73 bits per heavy atom. The second kappa shape index (κ2) is 7.31. The fourth-order valence-corrected chi connectivity index (χ4v) is 3.24. The summed E-state index contributed by atoms with van der Waals surface area (Å²) in [6.45, 7) is 0. The second-order valence-electron chi connectivity index (χ2n) is 6.09. The average Bonchev–Trinajstić information content (AvgIpc) is 2.61. The lowest BCUT2D eigenvalue weighted by molar-refractivity contribution is 0.414. The van der Waals surface area contributed by atoms with Crippen molar-refractivity contribution in [2.75, 3.05) is 7.11 Å². The minimum absolute atomic E-state index is 0.714. The van der Waals surface area contributed by atoms with Crippen molar-refractivity contribution in [3.63, 3.8) is 0 Å². The molecule has 0 saturated heterocycles. The van der Waals surface area contributed by atoms with E-state index in [9.17, 15) is 0 Å². The van der Waals surface area contributed by atoms with E-state index >= 15 is 0 Å². The molecule has 0 amide bonds. The first kappa shape index (κ1) is 14.9. The van der Waals surface area contributed by atoms with Gasteiger partial charge in [-0.05, 0) is 61.3 Å². The molecule has 2 aromatic rings. The van der Waals surface area contributed by atoms with E-state index in [1.54, 1.807) is 12.7 Å². The van der Waals surface area contributed by atoms with Crippen molar-refractivity contribution in [1.82, 2.24) is 0 Å². The molecule has 0 spiro atoms. The lowest BCUT2D eigenvalue weighted by Gasteiger charge is -2.22. The third-order valence-corrected chi connectivity index (χ3v) is 4.67. The van der Waals surface area contributed by atoms with E-state index in [0.717, 1.165) is 12.2 Å². The van der Waals surface area contributed by atoms with Gasteiger partial charge in [0, 0.05) is 0 Å². The van der Waals surface area contributed by atoms with Crippen LogP contribution in [-0.4, -0.2) is 7.11 Å². The largest absolute Gasteiger partial charge is 0.497 e. The van der Waals surface area contributed by atoms with Crippen molar-refractivity contribution in [3.05, 3.63) is 77.4 Å². The van der Waals surface area contributed by atoms with Crippen LogP contribution in [0, 0.1) is 0 Å². The first-order valence-electron chi connectivity index (χ1n) is 8.21. The van der Waals surface area contributed by atoms with Crippen molar-refractivity contribution >= 4 is 0 Å². The van der Waals surface area contributed by atoms with Gasteiger partial charge in [0.1, 0.15) is 5.75 Å². The summed E-state index contributed by atoms with van der Waals surface area (Å²) in [5.41, 5.74) is 4.52. The van der Waals surface area contributed by atoms with Crippen molar-refractivity contribution in [2.45, 2.75) is 38.0 Å². The maximum atomic E-state index is 5.21. The fourth-order valence-electron chi connectivity index (χ4n) is 3.24. The van der Waals surface area contributed by atoms with Gasteiger partial charge in [-0.15, -0.1) is 0 Å². The van der Waals surface area contributed by atoms with Crippen LogP contribution in [0.4, 0.5) is 0 Å². The predicted octanol–water partition coefficient (Wildman–Crippen LogP) is 5.52. The zero-order valence-corrected chi connectivity index (χ0v) is 13.3. The molecule has 0 aliphatic heterocycles. The number of aryl methyl sites for hydroxylation is 1. The van der Waals surface area contributed by atoms with E-state index in [1.165, 1.54) is 36.8 Å². The van der Waals surface area contributed by atoms with Crippen LogP contribution in [0.1, 0.15) is 42.7 Å². The Bertz CT molecular complexity index is 610. The molecule has 1 aliphatic rings. The van der Waals surface area contributed by atoms with Crippen LogP contribution < -0.4 is 4.74 Å². The van der Waals surface area contributed by atoms with Crippen LogP contribution in [0.15, 0.2) is 66.2 Å². The van der Waals surface area contributed by atoms with Gasteiger partial charge in [0.15, 0.2) is 0 Å². The molecule has 2 aromatic carbocycles. The molecular formula is C21H24O. The van der Waals surface area contributed by atoms with Crippen LogP contribution in [0.3, 0.4) is 0 Å². The van der Waals surface area contributed by atoms with Crippen molar-refractivity contribution in [3.8, 4) is 5.75 Å². The van der Waals surface area contributed by atoms with Crippen molar-refractivity contribution in [2.24, 2.45) is 0 Å². The minimum atomic E-state index is 0.714. The monoisotopic (exact) mass is 292 g/mol. The van der Waals surface area contributed by atoms with E-state index in [-0.39, 0.29) is 0 Å². The number of allylic oxidation sites excluding steroid dienone is 2. The standard InChI is InChI=1S/C21H24O/c1-22-21-15-11-18(12-16-21)8-7-17-9-13-20(14-10-17)19-5-3-2-4-6-19/h2-6,9,11-12,15-16,20H,7-8,10,13-14H2,1H3. The highest BCUT2D eigenvalue weighted by atomic mass is 16.5. The molecular weight excluding hydrogens is 268 g/mol. The van der Waals surface area contributed by atoms with Crippen LogP contribution in [0.25, 0.3) is 0 Å². The molecule has 1 nitrogen and oxygen atoms in total. The molecule has 22 heavy (non-hydrogen) atoms. The molecule has 1 unspecified atom stereocenters. The lowest BCUT2D eigenvalue weighted by Crippen LogP contribution is -2.05. The summed E-state index contributed by atoms with van der Waals surface area (Å²) in [4.78, 5) is 0. The first-order valence-corrected chi connectivity index (χ1v) is 8.21. The van der Waals surface area contributed by atoms with Gasteiger partial charge in [0.25, 0.3) is 0 Å². The molecule has 1 heteroatoms. The van der Waals surface area contributed by atoms with E-state index in [0.29, 0.717) is 5.92 Å². The maximum Gasteiger partial charge on any atom is 0.118 e. The molecule has 1 aliphatic carbocycles. The normalized spacial score (nSPS) is 17.9. The predicted molar refractivity (Wildman–Crippen MR) is 92.4 cm³/mol. The Labute approximate surface area is 133 Å². The lowest BCUT2D eigenvalue weighted by atomic mass is 9.83. The Hall–Kier alpha value is -2.02. The second-order valence-corrected chi connectivity index (χ2v) is 6.09. The minimum Gasteiger partial charge on any atom is -0.497 e. The van der Waals surface area contributed by atoms with Crippen LogP contribution in [-0.2, 0) is 6.42 Å². The molecule has 0 N–H and O–H groups in total. The number of hydrogen-bond donors (Lipinski definition) is 0. The molecule has 0 saturated carbocycles. The van der Waals surface area contributed by atoms with Gasteiger partial charge < -0.3 is 4.74 Å². The highest BCUT2D eigenvalue weighted by molar-refractivity contribution is 5.28. The van der Waals surface area contributed by atoms with Gasteiger partial charge in [0.2, 0.25) is 0 Å². The third-order valence-electron chi connectivity index (χ3n) is 4.67. The molecule has 0 aromatic heterocycles. The Balaban J connectivity index is 1.53. The fraction of sp³-hybridized carbons (Fsp3) is 0.333. The van der Waals surface area contributed by atoms with E-state index in [4.69, 9.17) is 4.74 Å². The summed E-state index contributed by atoms with van der Waals surface area (Å²) >= 11 is 0. The molecule has 0 fully saturated rings. The third kappa shape index (κ3) is 3.79. The summed E-state index contributed by atoms with van der Waals surface area (Å²) in [7, 11) is 1.71. The molecule has 0 heterocycles. The molecule has 1 atom stereocenters. The van der Waals surface area contributed by atoms with Crippen molar-refractivity contribution in [1.29, 1.82) is 0 Å². The first-order chi connectivity index (χ1) is 10.8. The SMILES string of the molecule is COc1ccc(CCC2=CCC(c3ccccc3)CC2)cc1. The van der Waals surface area contributed by atoms with Gasteiger partial charge in [-0.1, -0.05) is 54.1 Å². The summed E-state index contributed by atoms with van der Waals surface area (Å²) in [6.07, 6.45) is 8.53. The number of methoxy groups -OCH3 is 1. The smallest absolute Gasteiger partial charge is 0.118 e. The molecule has 0 radical (unpaired) electrons. The van der Waals surface area contributed by atoms with Crippen molar-refractivity contribution < 1.29 is 4.74 Å². The van der Waals surface area contributed by atoms with E-state index < -0.39 is 0 Å². The molecule has 0 bridgehead atoms. The van der Waals surface area contributed by atoms with Gasteiger partial charge in [-0.3, -0.25) is 0 Å². The van der Waals surface area contributed by atoms with E-state index in [1.807, 2.05) is 0 Å². The van der Waals surface area contributed by atoms with Crippen LogP contribution in [0.5, 0.6) is 5.75 Å². The topological polar surface area (TPSA) is 9.23 Å².